The Bertz CT molecular complexity index is 720. The zero-order valence-electron chi connectivity index (χ0n) is 12.2. The van der Waals surface area contributed by atoms with E-state index in [-0.39, 0.29) is 17.5 Å². The van der Waals surface area contributed by atoms with E-state index in [4.69, 9.17) is 16.7 Å². The van der Waals surface area contributed by atoms with E-state index in [0.29, 0.717) is 22.8 Å². The standard InChI is InChI=1S/C17H16ClNO3S/c18-15-7-2-1-4-11(15)9-14(10-23)19-16(20)12-5-3-6-13(8-12)17(21)22/h1-8,14,23H,9-10H2,(H,19,20)(H,21,22)/t14-/m1/s1. The monoisotopic (exact) mass is 349 g/mol. The number of hydrogen-bond acceptors (Lipinski definition) is 3. The van der Waals surface area contributed by atoms with Crippen LogP contribution in [0.5, 0.6) is 0 Å². The number of amides is 1. The molecule has 0 saturated carbocycles. The first-order valence-electron chi connectivity index (χ1n) is 6.99. The Morgan fingerprint density at radius 1 is 1.13 bits per heavy atom. The van der Waals surface area contributed by atoms with Gasteiger partial charge in [0.15, 0.2) is 0 Å². The molecule has 2 aromatic carbocycles. The molecule has 0 spiro atoms. The fraction of sp³-hybridized carbons (Fsp3) is 0.176. The molecule has 1 amide bonds. The van der Waals surface area contributed by atoms with Crippen molar-refractivity contribution in [2.24, 2.45) is 0 Å². The summed E-state index contributed by atoms with van der Waals surface area (Å²) in [6.45, 7) is 0. The molecule has 2 aromatic rings. The van der Waals surface area contributed by atoms with E-state index < -0.39 is 5.97 Å². The van der Waals surface area contributed by atoms with Gasteiger partial charge in [0.2, 0.25) is 0 Å². The minimum atomic E-state index is -1.07. The number of benzene rings is 2. The van der Waals surface area contributed by atoms with Crippen molar-refractivity contribution in [1.29, 1.82) is 0 Å². The summed E-state index contributed by atoms with van der Waals surface area (Å²) in [5, 5.41) is 12.5. The van der Waals surface area contributed by atoms with Crippen LogP contribution in [-0.2, 0) is 6.42 Å². The lowest BCUT2D eigenvalue weighted by molar-refractivity contribution is 0.0697. The van der Waals surface area contributed by atoms with E-state index >= 15 is 0 Å². The molecule has 0 aliphatic carbocycles. The van der Waals surface area contributed by atoms with Crippen molar-refractivity contribution in [3.05, 3.63) is 70.2 Å². The van der Waals surface area contributed by atoms with E-state index in [1.165, 1.54) is 12.1 Å². The van der Waals surface area contributed by atoms with Gasteiger partial charge in [0.25, 0.3) is 5.91 Å². The molecule has 0 fully saturated rings. The lowest BCUT2D eigenvalue weighted by Gasteiger charge is -2.17. The third-order valence-corrected chi connectivity index (χ3v) is 4.16. The average Bonchev–Trinajstić information content (AvgIpc) is 2.56. The smallest absolute Gasteiger partial charge is 0.335 e. The van der Waals surface area contributed by atoms with Gasteiger partial charge in [-0.2, -0.15) is 12.6 Å². The number of carbonyl (C=O) groups excluding carboxylic acids is 1. The number of rotatable bonds is 6. The summed E-state index contributed by atoms with van der Waals surface area (Å²) in [4.78, 5) is 23.3. The molecule has 0 saturated heterocycles. The second-order valence-electron chi connectivity index (χ2n) is 5.03. The molecule has 23 heavy (non-hydrogen) atoms. The fourth-order valence-electron chi connectivity index (χ4n) is 2.15. The van der Waals surface area contributed by atoms with Gasteiger partial charge in [-0.1, -0.05) is 35.9 Å². The SMILES string of the molecule is O=C(O)c1cccc(C(=O)N[C@@H](CS)Cc2ccccc2Cl)c1. The lowest BCUT2D eigenvalue weighted by atomic mass is 10.1. The molecular formula is C17H16ClNO3S. The molecule has 6 heteroatoms. The van der Waals surface area contributed by atoms with Crippen LogP contribution in [-0.4, -0.2) is 28.8 Å². The number of carbonyl (C=O) groups is 2. The van der Waals surface area contributed by atoms with Gasteiger partial charge in [-0.05, 0) is 36.2 Å². The molecule has 2 rings (SSSR count). The molecular weight excluding hydrogens is 334 g/mol. The van der Waals surface area contributed by atoms with Gasteiger partial charge in [-0.15, -0.1) is 0 Å². The van der Waals surface area contributed by atoms with Crippen molar-refractivity contribution in [2.75, 3.05) is 5.75 Å². The van der Waals surface area contributed by atoms with Crippen molar-refractivity contribution in [3.8, 4) is 0 Å². The van der Waals surface area contributed by atoms with Crippen LogP contribution in [0.25, 0.3) is 0 Å². The Kier molecular flexibility index (Phi) is 6.07. The normalized spacial score (nSPS) is 11.7. The minimum absolute atomic E-state index is 0.0752. The first-order chi connectivity index (χ1) is 11.0. The van der Waals surface area contributed by atoms with Crippen LogP contribution >= 0.6 is 24.2 Å². The lowest BCUT2D eigenvalue weighted by Crippen LogP contribution is -2.38. The van der Waals surface area contributed by atoms with Crippen molar-refractivity contribution >= 4 is 36.1 Å². The molecule has 120 valence electrons. The molecule has 0 heterocycles. The van der Waals surface area contributed by atoms with Gasteiger partial charge in [0, 0.05) is 22.4 Å². The average molecular weight is 350 g/mol. The van der Waals surface area contributed by atoms with Gasteiger partial charge in [0.1, 0.15) is 0 Å². The van der Waals surface area contributed by atoms with Crippen molar-refractivity contribution in [1.82, 2.24) is 5.32 Å². The van der Waals surface area contributed by atoms with Crippen molar-refractivity contribution in [2.45, 2.75) is 12.5 Å². The maximum absolute atomic E-state index is 12.3. The Hall–Kier alpha value is -1.98. The molecule has 0 aliphatic rings. The third-order valence-electron chi connectivity index (χ3n) is 3.35. The molecule has 0 aliphatic heterocycles. The third kappa shape index (κ3) is 4.74. The quantitative estimate of drug-likeness (QED) is 0.701. The number of nitrogens with one attached hydrogen (secondary N) is 1. The highest BCUT2D eigenvalue weighted by atomic mass is 35.5. The number of thiol groups is 1. The van der Waals surface area contributed by atoms with Crippen LogP contribution in [0.2, 0.25) is 5.02 Å². The molecule has 4 nitrogen and oxygen atoms in total. The second kappa shape index (κ2) is 8.04. The zero-order chi connectivity index (χ0) is 16.8. The first kappa shape index (κ1) is 17.4. The highest BCUT2D eigenvalue weighted by Crippen LogP contribution is 2.17. The summed E-state index contributed by atoms with van der Waals surface area (Å²) in [6, 6.07) is 13.1. The maximum Gasteiger partial charge on any atom is 0.335 e. The van der Waals surface area contributed by atoms with Gasteiger partial charge < -0.3 is 10.4 Å². The summed E-state index contributed by atoms with van der Waals surface area (Å²) in [5.41, 5.74) is 1.30. The fourth-order valence-corrected chi connectivity index (χ4v) is 2.59. The first-order valence-corrected chi connectivity index (χ1v) is 8.00. The number of aromatic carboxylic acids is 1. The zero-order valence-corrected chi connectivity index (χ0v) is 13.8. The summed E-state index contributed by atoms with van der Waals surface area (Å²) >= 11 is 10.4. The molecule has 1 atom stereocenters. The molecule has 0 unspecified atom stereocenters. The minimum Gasteiger partial charge on any atom is -0.478 e. The van der Waals surface area contributed by atoms with E-state index in [0.717, 1.165) is 5.56 Å². The predicted molar refractivity (Wildman–Crippen MR) is 93.7 cm³/mol. The van der Waals surface area contributed by atoms with Gasteiger partial charge in [-0.25, -0.2) is 4.79 Å². The predicted octanol–water partition coefficient (Wildman–Crippen LogP) is 3.31. The molecule has 0 aromatic heterocycles. The van der Waals surface area contributed by atoms with Crippen LogP contribution in [0.1, 0.15) is 26.3 Å². The van der Waals surface area contributed by atoms with E-state index in [1.807, 2.05) is 18.2 Å². The van der Waals surface area contributed by atoms with Crippen LogP contribution in [0.4, 0.5) is 0 Å². The van der Waals surface area contributed by atoms with E-state index in [2.05, 4.69) is 17.9 Å². The molecule has 2 N–H and O–H groups in total. The number of halogens is 1. The Balaban J connectivity index is 2.09. The molecule has 0 bridgehead atoms. The maximum atomic E-state index is 12.3. The summed E-state index contributed by atoms with van der Waals surface area (Å²) in [6.07, 6.45) is 0.549. The number of hydrogen-bond donors (Lipinski definition) is 3. The van der Waals surface area contributed by atoms with E-state index in [1.54, 1.807) is 18.2 Å². The molecule has 0 radical (unpaired) electrons. The Labute approximate surface area is 144 Å². The van der Waals surface area contributed by atoms with Crippen LogP contribution in [0.15, 0.2) is 48.5 Å². The number of carboxylic acids is 1. The van der Waals surface area contributed by atoms with Crippen LogP contribution in [0.3, 0.4) is 0 Å². The highest BCUT2D eigenvalue weighted by Gasteiger charge is 2.15. The largest absolute Gasteiger partial charge is 0.478 e. The Morgan fingerprint density at radius 2 is 1.83 bits per heavy atom. The summed E-state index contributed by atoms with van der Waals surface area (Å²) in [5.74, 6) is -0.962. The van der Waals surface area contributed by atoms with Crippen molar-refractivity contribution in [3.63, 3.8) is 0 Å². The van der Waals surface area contributed by atoms with Gasteiger partial charge in [-0.3, -0.25) is 4.79 Å². The topological polar surface area (TPSA) is 66.4 Å². The van der Waals surface area contributed by atoms with Crippen LogP contribution < -0.4 is 5.32 Å². The highest BCUT2D eigenvalue weighted by molar-refractivity contribution is 7.80. The summed E-state index contributed by atoms with van der Waals surface area (Å²) in [7, 11) is 0. The summed E-state index contributed by atoms with van der Waals surface area (Å²) < 4.78 is 0. The van der Waals surface area contributed by atoms with Gasteiger partial charge >= 0.3 is 5.97 Å². The number of carboxylic acid groups (broad SMARTS) is 1. The van der Waals surface area contributed by atoms with Crippen LogP contribution in [0, 0.1) is 0 Å². The second-order valence-corrected chi connectivity index (χ2v) is 5.81. The van der Waals surface area contributed by atoms with E-state index in [9.17, 15) is 9.59 Å². The van der Waals surface area contributed by atoms with Gasteiger partial charge in [0.05, 0.1) is 5.56 Å². The Morgan fingerprint density at radius 3 is 2.48 bits per heavy atom. The van der Waals surface area contributed by atoms with Crippen molar-refractivity contribution < 1.29 is 14.7 Å².